The van der Waals surface area contributed by atoms with Crippen LogP contribution in [0.3, 0.4) is 0 Å². The summed E-state index contributed by atoms with van der Waals surface area (Å²) in [6.45, 7) is 3.56. The zero-order valence-corrected chi connectivity index (χ0v) is 17.0. The molecule has 1 N–H and O–H groups in total. The Morgan fingerprint density at radius 2 is 1.87 bits per heavy atom. The van der Waals surface area contributed by atoms with E-state index >= 15 is 0 Å². The maximum absolute atomic E-state index is 12.5. The van der Waals surface area contributed by atoms with E-state index in [9.17, 15) is 9.59 Å². The average Bonchev–Trinajstić information content (AvgIpc) is 3.20. The van der Waals surface area contributed by atoms with Crippen molar-refractivity contribution in [3.63, 3.8) is 0 Å². The van der Waals surface area contributed by atoms with Gasteiger partial charge in [0, 0.05) is 12.3 Å². The van der Waals surface area contributed by atoms with Gasteiger partial charge in [-0.1, -0.05) is 30.3 Å². The summed E-state index contributed by atoms with van der Waals surface area (Å²) in [5.41, 5.74) is 3.76. The fourth-order valence-corrected chi connectivity index (χ4v) is 3.24. The Kier molecular flexibility index (Phi) is 5.66. The van der Waals surface area contributed by atoms with Crippen LogP contribution in [-0.4, -0.2) is 24.7 Å². The number of ether oxygens (including phenoxy) is 2. The first-order valence-electron chi connectivity index (χ1n) is 9.75. The van der Waals surface area contributed by atoms with Crippen molar-refractivity contribution in [3.05, 3.63) is 72.0 Å². The van der Waals surface area contributed by atoms with Gasteiger partial charge in [0.2, 0.25) is 0 Å². The fourth-order valence-electron chi connectivity index (χ4n) is 3.24. The van der Waals surface area contributed by atoms with E-state index in [1.54, 1.807) is 24.3 Å². The first-order chi connectivity index (χ1) is 15.0. The number of hydrazone groups is 1. The molecule has 0 bridgehead atoms. The van der Waals surface area contributed by atoms with Crippen molar-refractivity contribution in [1.82, 2.24) is 5.43 Å². The minimum atomic E-state index is -0.460. The lowest BCUT2D eigenvalue weighted by molar-refractivity contribution is -0.132. The molecule has 0 aliphatic carbocycles. The van der Waals surface area contributed by atoms with E-state index in [2.05, 4.69) is 10.5 Å². The Balaban J connectivity index is 1.51. The molecular weight excluding hydrogens is 396 g/mol. The van der Waals surface area contributed by atoms with Crippen molar-refractivity contribution >= 4 is 39.8 Å². The molecule has 7 heteroatoms. The zero-order valence-electron chi connectivity index (χ0n) is 17.0. The predicted octanol–water partition coefficient (Wildman–Crippen LogP) is 4.67. The van der Waals surface area contributed by atoms with E-state index in [1.807, 2.05) is 43.3 Å². The molecule has 31 heavy (non-hydrogen) atoms. The van der Waals surface area contributed by atoms with Crippen molar-refractivity contribution in [2.75, 3.05) is 6.61 Å². The number of nitrogens with one attached hydrogen (secondary N) is 1. The van der Waals surface area contributed by atoms with Crippen molar-refractivity contribution < 1.29 is 23.5 Å². The third-order valence-corrected chi connectivity index (χ3v) is 4.55. The molecule has 3 aromatic carbocycles. The van der Waals surface area contributed by atoms with Crippen molar-refractivity contribution in [2.45, 2.75) is 13.8 Å². The molecule has 1 aromatic heterocycles. The first-order valence-corrected chi connectivity index (χ1v) is 9.75. The van der Waals surface area contributed by atoms with Crippen LogP contribution in [0, 0.1) is 0 Å². The van der Waals surface area contributed by atoms with Gasteiger partial charge >= 0.3 is 11.9 Å². The Morgan fingerprint density at radius 3 is 2.68 bits per heavy atom. The molecule has 1 amide bonds. The molecule has 1 heterocycles. The fraction of sp³-hybridized carbons (Fsp3) is 0.125. The number of carbonyl (C=O) groups excluding carboxylic acids is 2. The van der Waals surface area contributed by atoms with Gasteiger partial charge in [-0.25, -0.2) is 5.43 Å². The normalized spacial score (nSPS) is 11.2. The number of hydrogen-bond acceptors (Lipinski definition) is 6. The van der Waals surface area contributed by atoms with Gasteiger partial charge in [0.25, 0.3) is 0 Å². The molecule has 4 aromatic rings. The minimum absolute atomic E-state index is 0.170. The number of amides is 1. The van der Waals surface area contributed by atoms with Crippen molar-refractivity contribution in [1.29, 1.82) is 0 Å². The van der Waals surface area contributed by atoms with Crippen LogP contribution in [0.2, 0.25) is 0 Å². The SMILES string of the molecule is CCOc1cc(C=NNC(=O)c2cc3c(ccc4ccccc43)o2)ccc1OC(C)=O. The minimum Gasteiger partial charge on any atom is -0.490 e. The van der Waals surface area contributed by atoms with Crippen LogP contribution in [0.25, 0.3) is 21.7 Å². The lowest BCUT2D eigenvalue weighted by atomic mass is 10.1. The summed E-state index contributed by atoms with van der Waals surface area (Å²) >= 11 is 0. The molecule has 0 aliphatic rings. The third-order valence-electron chi connectivity index (χ3n) is 4.55. The molecule has 0 fully saturated rings. The quantitative estimate of drug-likeness (QED) is 0.213. The van der Waals surface area contributed by atoms with Gasteiger partial charge in [-0.05, 0) is 53.6 Å². The molecule has 7 nitrogen and oxygen atoms in total. The number of rotatable bonds is 6. The van der Waals surface area contributed by atoms with Gasteiger partial charge in [-0.2, -0.15) is 5.10 Å². The standard InChI is InChI=1S/C24H20N2O5/c1-3-29-22-12-16(8-10-21(22)30-15(2)27)14-25-26-24(28)23-13-19-18-7-5-4-6-17(18)9-11-20(19)31-23/h4-14H,3H2,1-2H3,(H,26,28). The molecular formula is C24H20N2O5. The summed E-state index contributed by atoms with van der Waals surface area (Å²) < 4.78 is 16.3. The Hall–Kier alpha value is -4.13. The average molecular weight is 416 g/mol. The van der Waals surface area contributed by atoms with Gasteiger partial charge in [-0.3, -0.25) is 9.59 Å². The number of nitrogens with zero attached hydrogens (tertiary/aromatic N) is 1. The van der Waals surface area contributed by atoms with E-state index in [1.165, 1.54) is 13.1 Å². The van der Waals surface area contributed by atoms with E-state index in [0.29, 0.717) is 29.3 Å². The molecule has 0 spiro atoms. The molecule has 4 rings (SSSR count). The van der Waals surface area contributed by atoms with Crippen LogP contribution in [0.5, 0.6) is 11.5 Å². The summed E-state index contributed by atoms with van der Waals surface area (Å²) in [5.74, 6) is 0.0113. The van der Waals surface area contributed by atoms with Crippen molar-refractivity contribution in [2.24, 2.45) is 5.10 Å². The molecule has 0 radical (unpaired) electrons. The number of hydrogen-bond donors (Lipinski definition) is 1. The second kappa shape index (κ2) is 8.71. The third kappa shape index (κ3) is 4.40. The molecule has 0 saturated carbocycles. The number of fused-ring (bicyclic) bond motifs is 3. The number of carbonyl (C=O) groups is 2. The highest BCUT2D eigenvalue weighted by molar-refractivity contribution is 6.08. The van der Waals surface area contributed by atoms with Crippen molar-refractivity contribution in [3.8, 4) is 11.5 Å². The topological polar surface area (TPSA) is 90.1 Å². The molecule has 0 atom stereocenters. The van der Waals surface area contributed by atoms with Gasteiger partial charge in [0.1, 0.15) is 5.58 Å². The first kappa shape index (κ1) is 20.2. The lowest BCUT2D eigenvalue weighted by Crippen LogP contribution is -2.16. The summed E-state index contributed by atoms with van der Waals surface area (Å²) in [7, 11) is 0. The highest BCUT2D eigenvalue weighted by Crippen LogP contribution is 2.29. The summed E-state index contributed by atoms with van der Waals surface area (Å²) in [4.78, 5) is 23.7. The second-order valence-electron chi connectivity index (χ2n) is 6.74. The van der Waals surface area contributed by atoms with E-state index in [0.717, 1.165) is 16.2 Å². The molecule has 0 unspecified atom stereocenters. The number of furan rings is 1. The predicted molar refractivity (Wildman–Crippen MR) is 118 cm³/mol. The summed E-state index contributed by atoms with van der Waals surface area (Å²) in [5, 5.41) is 6.95. The Labute approximate surface area is 178 Å². The van der Waals surface area contributed by atoms with Gasteiger partial charge in [0.05, 0.1) is 12.8 Å². The largest absolute Gasteiger partial charge is 0.490 e. The molecule has 0 saturated heterocycles. The van der Waals surface area contributed by atoms with Gasteiger partial charge < -0.3 is 13.9 Å². The summed E-state index contributed by atoms with van der Waals surface area (Å²) in [6, 6.07) is 18.4. The molecule has 156 valence electrons. The number of benzene rings is 3. The van der Waals surface area contributed by atoms with E-state index in [4.69, 9.17) is 13.9 Å². The Bertz CT molecular complexity index is 1310. The van der Waals surface area contributed by atoms with Crippen LogP contribution in [0.4, 0.5) is 0 Å². The van der Waals surface area contributed by atoms with Gasteiger partial charge in [-0.15, -0.1) is 0 Å². The highest BCUT2D eigenvalue weighted by atomic mass is 16.6. The van der Waals surface area contributed by atoms with Crippen LogP contribution < -0.4 is 14.9 Å². The maximum Gasteiger partial charge on any atom is 0.308 e. The van der Waals surface area contributed by atoms with Crippen LogP contribution in [-0.2, 0) is 4.79 Å². The van der Waals surface area contributed by atoms with Crippen LogP contribution in [0.15, 0.2) is 70.2 Å². The van der Waals surface area contributed by atoms with Crippen LogP contribution >= 0.6 is 0 Å². The smallest absolute Gasteiger partial charge is 0.308 e. The zero-order chi connectivity index (χ0) is 21.8. The highest BCUT2D eigenvalue weighted by Gasteiger charge is 2.13. The molecule has 0 aliphatic heterocycles. The lowest BCUT2D eigenvalue weighted by Gasteiger charge is -2.10. The second-order valence-corrected chi connectivity index (χ2v) is 6.74. The van der Waals surface area contributed by atoms with Crippen LogP contribution in [0.1, 0.15) is 30.0 Å². The number of esters is 1. The van der Waals surface area contributed by atoms with Gasteiger partial charge in [0.15, 0.2) is 17.3 Å². The monoisotopic (exact) mass is 416 g/mol. The summed E-state index contributed by atoms with van der Waals surface area (Å²) in [6.07, 6.45) is 1.47. The Morgan fingerprint density at radius 1 is 1.03 bits per heavy atom. The van der Waals surface area contributed by atoms with E-state index in [-0.39, 0.29) is 5.76 Å². The van der Waals surface area contributed by atoms with E-state index < -0.39 is 11.9 Å². The maximum atomic E-state index is 12.5.